The first kappa shape index (κ1) is 14.0. The minimum absolute atomic E-state index is 0.269. The molecule has 1 N–H and O–H groups in total. The summed E-state index contributed by atoms with van der Waals surface area (Å²) in [4.78, 5) is 22.7. The number of aliphatic hydroxyl groups excluding tert-OH is 1. The Morgan fingerprint density at radius 2 is 2.21 bits per heavy atom. The molecule has 0 bridgehead atoms. The number of rotatable bonds is 1. The van der Waals surface area contributed by atoms with Crippen LogP contribution in [0.25, 0.3) is 0 Å². The fourth-order valence-electron chi connectivity index (χ4n) is 2.87. The molecular weight excluding hydrogens is 244 g/mol. The number of carbonyl (C=O) groups excluding carboxylic acids is 2. The van der Waals surface area contributed by atoms with E-state index in [1.165, 1.54) is 0 Å². The minimum Gasteiger partial charge on any atom is -0.457 e. The second kappa shape index (κ2) is 5.70. The zero-order valence-corrected chi connectivity index (χ0v) is 11.3. The Morgan fingerprint density at radius 1 is 1.47 bits per heavy atom. The predicted octanol–water partition coefficient (Wildman–Crippen LogP) is 1.78. The van der Waals surface area contributed by atoms with Crippen LogP contribution in [0.15, 0.2) is 23.3 Å². The first-order valence-corrected chi connectivity index (χ1v) is 6.73. The van der Waals surface area contributed by atoms with E-state index in [9.17, 15) is 14.7 Å². The molecule has 2 aliphatic rings. The van der Waals surface area contributed by atoms with E-state index >= 15 is 0 Å². The molecule has 2 rings (SSSR count). The molecule has 0 radical (unpaired) electrons. The number of esters is 1. The van der Waals surface area contributed by atoms with Gasteiger partial charge in [0.15, 0.2) is 0 Å². The molecule has 4 atom stereocenters. The zero-order chi connectivity index (χ0) is 14.0. The summed E-state index contributed by atoms with van der Waals surface area (Å²) in [6, 6.07) is 0. The van der Waals surface area contributed by atoms with E-state index in [1.54, 1.807) is 6.92 Å². The standard InChI is InChI=1S/C15H20O4/c1-9-4-3-5-11(8-16)7-12(17)14-10(2)15(18)19-13(14)6-9/h5-6,8,10,12-14,17H,3-4,7H2,1-2H3/b9-6+,11-5+/t10-,12-,13-,14-/m1/s1. The SMILES string of the molecule is C/C1=C\[C@H]2OC(=O)[C@H](C)[C@@H]2[C@H](O)C/C(C=O)=C\CC1. The summed E-state index contributed by atoms with van der Waals surface area (Å²) in [6.07, 6.45) is 5.39. The van der Waals surface area contributed by atoms with Gasteiger partial charge in [-0.25, -0.2) is 0 Å². The van der Waals surface area contributed by atoms with E-state index in [0.29, 0.717) is 12.0 Å². The molecule has 1 saturated heterocycles. The lowest BCUT2D eigenvalue weighted by Crippen LogP contribution is -2.32. The van der Waals surface area contributed by atoms with E-state index in [2.05, 4.69) is 0 Å². The van der Waals surface area contributed by atoms with Gasteiger partial charge >= 0.3 is 5.97 Å². The second-order valence-corrected chi connectivity index (χ2v) is 5.49. The lowest BCUT2D eigenvalue weighted by atomic mass is 9.82. The van der Waals surface area contributed by atoms with Crippen LogP contribution in [0.5, 0.6) is 0 Å². The fourth-order valence-corrected chi connectivity index (χ4v) is 2.87. The highest BCUT2D eigenvalue weighted by molar-refractivity contribution is 5.76. The van der Waals surface area contributed by atoms with Gasteiger partial charge in [-0.1, -0.05) is 18.6 Å². The maximum absolute atomic E-state index is 11.7. The zero-order valence-electron chi connectivity index (χ0n) is 11.3. The van der Waals surface area contributed by atoms with E-state index in [-0.39, 0.29) is 23.9 Å². The van der Waals surface area contributed by atoms with Crippen molar-refractivity contribution in [3.63, 3.8) is 0 Å². The number of aldehydes is 1. The van der Waals surface area contributed by atoms with Crippen LogP contribution in [0, 0.1) is 11.8 Å². The van der Waals surface area contributed by atoms with Gasteiger partial charge in [-0.05, 0) is 31.4 Å². The van der Waals surface area contributed by atoms with Gasteiger partial charge in [-0.15, -0.1) is 0 Å². The fraction of sp³-hybridized carbons (Fsp3) is 0.600. The van der Waals surface area contributed by atoms with Crippen molar-refractivity contribution >= 4 is 12.3 Å². The third-order valence-electron chi connectivity index (χ3n) is 4.02. The lowest BCUT2D eigenvalue weighted by molar-refractivity contribution is -0.142. The summed E-state index contributed by atoms with van der Waals surface area (Å²) in [7, 11) is 0. The molecule has 104 valence electrons. The molecule has 0 unspecified atom stereocenters. The molecule has 1 fully saturated rings. The highest BCUT2D eigenvalue weighted by Crippen LogP contribution is 2.35. The quantitative estimate of drug-likeness (QED) is 0.445. The van der Waals surface area contributed by atoms with Crippen LogP contribution in [0.3, 0.4) is 0 Å². The second-order valence-electron chi connectivity index (χ2n) is 5.49. The molecule has 0 amide bonds. The minimum atomic E-state index is -0.731. The normalized spacial score (nSPS) is 41.3. The Hall–Kier alpha value is -1.42. The molecule has 0 aromatic carbocycles. The summed E-state index contributed by atoms with van der Waals surface area (Å²) in [5.41, 5.74) is 1.72. The molecular formula is C15H20O4. The molecule has 1 aliphatic carbocycles. The molecule has 1 aliphatic heterocycles. The summed E-state index contributed by atoms with van der Waals surface area (Å²) in [6.45, 7) is 3.76. The Labute approximate surface area is 113 Å². The van der Waals surface area contributed by atoms with Crippen molar-refractivity contribution in [1.82, 2.24) is 0 Å². The topological polar surface area (TPSA) is 63.6 Å². The van der Waals surface area contributed by atoms with Crippen molar-refractivity contribution in [1.29, 1.82) is 0 Å². The van der Waals surface area contributed by atoms with Gasteiger partial charge in [0.25, 0.3) is 0 Å². The Balaban J connectivity index is 2.31. The molecule has 0 saturated carbocycles. The van der Waals surface area contributed by atoms with E-state index in [1.807, 2.05) is 19.1 Å². The number of aliphatic hydroxyl groups is 1. The Bertz CT molecular complexity index is 435. The monoisotopic (exact) mass is 264 g/mol. The van der Waals surface area contributed by atoms with Crippen LogP contribution in [-0.2, 0) is 14.3 Å². The number of allylic oxidation sites excluding steroid dienone is 2. The van der Waals surface area contributed by atoms with Gasteiger partial charge in [0.05, 0.1) is 12.0 Å². The number of carbonyl (C=O) groups is 2. The van der Waals surface area contributed by atoms with Crippen molar-refractivity contribution in [3.8, 4) is 0 Å². The van der Waals surface area contributed by atoms with Gasteiger partial charge in [-0.3, -0.25) is 9.59 Å². The third kappa shape index (κ3) is 2.95. The number of hydrogen-bond acceptors (Lipinski definition) is 4. The highest BCUT2D eigenvalue weighted by Gasteiger charge is 2.44. The van der Waals surface area contributed by atoms with Crippen LogP contribution in [0.2, 0.25) is 0 Å². The summed E-state index contributed by atoms with van der Waals surface area (Å²) < 4.78 is 5.34. The van der Waals surface area contributed by atoms with Crippen molar-refractivity contribution in [2.45, 2.75) is 45.3 Å². The van der Waals surface area contributed by atoms with Crippen LogP contribution in [0.4, 0.5) is 0 Å². The molecule has 0 aromatic rings. The van der Waals surface area contributed by atoms with Gasteiger partial charge in [0.1, 0.15) is 12.4 Å². The van der Waals surface area contributed by atoms with Gasteiger partial charge in [0, 0.05) is 12.3 Å². The van der Waals surface area contributed by atoms with Crippen LogP contribution in [0.1, 0.15) is 33.1 Å². The average molecular weight is 264 g/mol. The van der Waals surface area contributed by atoms with E-state index in [0.717, 1.165) is 24.7 Å². The summed E-state index contributed by atoms with van der Waals surface area (Å²) in [5.74, 6) is -0.880. The van der Waals surface area contributed by atoms with Crippen molar-refractivity contribution in [2.24, 2.45) is 11.8 Å². The number of ether oxygens (including phenoxy) is 1. The third-order valence-corrected chi connectivity index (χ3v) is 4.02. The Kier molecular flexibility index (Phi) is 4.20. The molecule has 4 heteroatoms. The van der Waals surface area contributed by atoms with E-state index in [4.69, 9.17) is 4.74 Å². The molecule has 1 heterocycles. The van der Waals surface area contributed by atoms with Gasteiger partial charge < -0.3 is 9.84 Å². The van der Waals surface area contributed by atoms with E-state index < -0.39 is 6.10 Å². The van der Waals surface area contributed by atoms with Crippen molar-refractivity contribution in [2.75, 3.05) is 0 Å². The predicted molar refractivity (Wildman–Crippen MR) is 70.3 cm³/mol. The van der Waals surface area contributed by atoms with Crippen LogP contribution >= 0.6 is 0 Å². The van der Waals surface area contributed by atoms with Crippen LogP contribution in [-0.4, -0.2) is 29.6 Å². The number of hydrogen-bond donors (Lipinski definition) is 1. The first-order valence-electron chi connectivity index (χ1n) is 6.73. The van der Waals surface area contributed by atoms with Crippen molar-refractivity contribution < 1.29 is 19.4 Å². The maximum atomic E-state index is 11.7. The van der Waals surface area contributed by atoms with Gasteiger partial charge in [-0.2, -0.15) is 0 Å². The first-order chi connectivity index (χ1) is 9.02. The average Bonchev–Trinajstić information content (AvgIpc) is 2.63. The molecule has 0 aromatic heterocycles. The summed E-state index contributed by atoms with van der Waals surface area (Å²) >= 11 is 0. The highest BCUT2D eigenvalue weighted by atomic mass is 16.6. The smallest absolute Gasteiger partial charge is 0.309 e. The lowest BCUT2D eigenvalue weighted by Gasteiger charge is -2.24. The maximum Gasteiger partial charge on any atom is 0.309 e. The van der Waals surface area contributed by atoms with Crippen LogP contribution < -0.4 is 0 Å². The molecule has 19 heavy (non-hydrogen) atoms. The van der Waals surface area contributed by atoms with Gasteiger partial charge in [0.2, 0.25) is 0 Å². The Morgan fingerprint density at radius 3 is 2.89 bits per heavy atom. The summed E-state index contributed by atoms with van der Waals surface area (Å²) in [5, 5.41) is 10.3. The molecule has 4 nitrogen and oxygen atoms in total. The largest absolute Gasteiger partial charge is 0.457 e. The molecule has 0 spiro atoms. The number of fused-ring (bicyclic) bond motifs is 1. The van der Waals surface area contributed by atoms with Crippen molar-refractivity contribution in [3.05, 3.63) is 23.3 Å².